The first-order valence-corrected chi connectivity index (χ1v) is 10.0. The van der Waals surface area contributed by atoms with Crippen LogP contribution in [0.25, 0.3) is 5.70 Å². The highest BCUT2D eigenvalue weighted by molar-refractivity contribution is 6.13. The number of nitriles is 1. The van der Waals surface area contributed by atoms with Gasteiger partial charge in [-0.1, -0.05) is 18.2 Å². The number of aryl methyl sites for hydroxylation is 1. The molecule has 0 radical (unpaired) electrons. The monoisotopic (exact) mass is 414 g/mol. The van der Waals surface area contributed by atoms with Gasteiger partial charge >= 0.3 is 0 Å². The van der Waals surface area contributed by atoms with Crippen LogP contribution in [0.1, 0.15) is 22.3 Å². The van der Waals surface area contributed by atoms with Crippen molar-refractivity contribution in [2.75, 3.05) is 26.1 Å². The van der Waals surface area contributed by atoms with Crippen molar-refractivity contribution in [3.05, 3.63) is 70.1 Å². The number of benzene rings is 2. The Balaban J connectivity index is 1.82. The van der Waals surface area contributed by atoms with E-state index in [2.05, 4.69) is 11.4 Å². The summed E-state index contributed by atoms with van der Waals surface area (Å²) in [6.45, 7) is 2.54. The average molecular weight is 414 g/mol. The van der Waals surface area contributed by atoms with E-state index in [4.69, 9.17) is 15.2 Å². The van der Waals surface area contributed by atoms with Crippen molar-refractivity contribution >= 4 is 17.3 Å². The number of hydrogen-bond donors (Lipinski definition) is 2. The molecule has 7 nitrogen and oxygen atoms in total. The molecule has 1 spiro atoms. The molecule has 0 aliphatic carbocycles. The van der Waals surface area contributed by atoms with Crippen molar-refractivity contribution in [3.8, 4) is 17.6 Å². The van der Waals surface area contributed by atoms with Gasteiger partial charge in [0.05, 0.1) is 19.8 Å². The number of para-hydroxylation sites is 1. The van der Waals surface area contributed by atoms with Gasteiger partial charge in [0, 0.05) is 29.1 Å². The number of ether oxygens (including phenoxy) is 2. The van der Waals surface area contributed by atoms with Gasteiger partial charge in [0.15, 0.2) is 11.5 Å². The highest BCUT2D eigenvalue weighted by Gasteiger charge is 2.53. The number of amides is 1. The van der Waals surface area contributed by atoms with Crippen LogP contribution in [-0.4, -0.2) is 31.6 Å². The predicted molar refractivity (Wildman–Crippen MR) is 116 cm³/mol. The van der Waals surface area contributed by atoms with E-state index in [-0.39, 0.29) is 11.5 Å². The number of nitrogens with two attached hydrogens (primary N) is 1. The fourth-order valence-electron chi connectivity index (χ4n) is 4.92. The molecule has 7 heteroatoms. The maximum absolute atomic E-state index is 13.4. The fraction of sp³-hybridized carbons (Fsp3) is 0.250. The van der Waals surface area contributed by atoms with E-state index >= 15 is 0 Å². The SMILES string of the molecule is COc1cc2c(cc1OC)C1=CC3(C(=O)Nc4c(C)cccc43)C(C#N)=C(N)N1CC2. The van der Waals surface area contributed by atoms with E-state index in [1.165, 1.54) is 0 Å². The minimum atomic E-state index is -1.27. The summed E-state index contributed by atoms with van der Waals surface area (Å²) < 4.78 is 11.0. The van der Waals surface area contributed by atoms with Crippen LogP contribution >= 0.6 is 0 Å². The summed E-state index contributed by atoms with van der Waals surface area (Å²) in [5.74, 6) is 1.29. The molecule has 5 rings (SSSR count). The van der Waals surface area contributed by atoms with Crippen LogP contribution in [0.5, 0.6) is 11.5 Å². The number of hydrogen-bond acceptors (Lipinski definition) is 6. The standard InChI is InChI=1S/C24H22N4O3/c1-13-5-4-6-16-21(13)27-23(29)24(16)11-18-15-10-20(31-3)19(30-2)9-14(15)7-8-28(18)22(26)17(24)12-25/h4-6,9-11H,7-8,26H2,1-3H3,(H,27,29). The first kappa shape index (κ1) is 19.1. The highest BCUT2D eigenvalue weighted by atomic mass is 16.5. The number of methoxy groups -OCH3 is 2. The molecule has 0 saturated carbocycles. The Morgan fingerprint density at radius 2 is 1.97 bits per heavy atom. The Labute approximate surface area is 180 Å². The Morgan fingerprint density at radius 3 is 2.68 bits per heavy atom. The molecule has 0 fully saturated rings. The molecule has 31 heavy (non-hydrogen) atoms. The summed E-state index contributed by atoms with van der Waals surface area (Å²) in [7, 11) is 3.20. The molecule has 3 aliphatic rings. The van der Waals surface area contributed by atoms with Gasteiger partial charge in [-0.05, 0) is 42.7 Å². The Bertz CT molecular complexity index is 1250. The van der Waals surface area contributed by atoms with Crippen LogP contribution in [0, 0.1) is 18.3 Å². The second kappa shape index (κ2) is 6.54. The van der Waals surface area contributed by atoms with Crippen LogP contribution in [0.4, 0.5) is 5.69 Å². The van der Waals surface area contributed by atoms with Gasteiger partial charge in [-0.3, -0.25) is 4.79 Å². The molecule has 1 amide bonds. The first-order valence-electron chi connectivity index (χ1n) is 10.0. The molecule has 2 aromatic rings. The van der Waals surface area contributed by atoms with Crippen molar-refractivity contribution in [2.45, 2.75) is 18.8 Å². The zero-order chi connectivity index (χ0) is 21.9. The minimum Gasteiger partial charge on any atom is -0.493 e. The van der Waals surface area contributed by atoms with Crippen LogP contribution in [-0.2, 0) is 16.6 Å². The topological polar surface area (TPSA) is 101 Å². The van der Waals surface area contributed by atoms with E-state index in [1.54, 1.807) is 14.2 Å². The van der Waals surface area contributed by atoms with Gasteiger partial charge in [0.25, 0.3) is 0 Å². The summed E-state index contributed by atoms with van der Waals surface area (Å²) in [5.41, 5.74) is 10.7. The van der Waals surface area contributed by atoms with Gasteiger partial charge in [0.1, 0.15) is 17.3 Å². The predicted octanol–water partition coefficient (Wildman–Crippen LogP) is 2.81. The lowest BCUT2D eigenvalue weighted by molar-refractivity contribution is -0.118. The van der Waals surface area contributed by atoms with Gasteiger partial charge in [-0.2, -0.15) is 5.26 Å². The molecule has 0 aromatic heterocycles. The molecule has 1 atom stereocenters. The van der Waals surface area contributed by atoms with Crippen molar-refractivity contribution < 1.29 is 14.3 Å². The zero-order valence-corrected chi connectivity index (χ0v) is 17.6. The van der Waals surface area contributed by atoms with E-state index in [0.29, 0.717) is 23.9 Å². The molecular formula is C24H22N4O3. The summed E-state index contributed by atoms with van der Waals surface area (Å²) in [5, 5.41) is 13.1. The third-order valence-electron chi connectivity index (χ3n) is 6.48. The quantitative estimate of drug-likeness (QED) is 0.784. The molecule has 3 N–H and O–H groups in total. The maximum atomic E-state index is 13.4. The van der Waals surface area contributed by atoms with E-state index in [1.807, 2.05) is 48.2 Å². The first-order chi connectivity index (χ1) is 15.0. The van der Waals surface area contributed by atoms with Crippen LogP contribution < -0.4 is 20.5 Å². The number of nitrogens with zero attached hydrogens (tertiary/aromatic N) is 2. The maximum Gasteiger partial charge on any atom is 0.244 e. The van der Waals surface area contributed by atoms with E-state index < -0.39 is 5.41 Å². The lowest BCUT2D eigenvalue weighted by atomic mass is 9.71. The number of nitrogens with one attached hydrogen (secondary N) is 1. The number of anilines is 1. The van der Waals surface area contributed by atoms with Crippen LogP contribution in [0.2, 0.25) is 0 Å². The van der Waals surface area contributed by atoms with Crippen molar-refractivity contribution in [2.24, 2.45) is 5.73 Å². The lowest BCUT2D eigenvalue weighted by Gasteiger charge is -2.41. The Hall–Kier alpha value is -3.92. The van der Waals surface area contributed by atoms with Gasteiger partial charge in [-0.25, -0.2) is 0 Å². The lowest BCUT2D eigenvalue weighted by Crippen LogP contribution is -2.45. The molecule has 0 bridgehead atoms. The highest BCUT2D eigenvalue weighted by Crippen LogP contribution is 2.51. The summed E-state index contributed by atoms with van der Waals surface area (Å²) in [4.78, 5) is 15.3. The van der Waals surface area contributed by atoms with Crippen molar-refractivity contribution in [1.29, 1.82) is 5.26 Å². The summed E-state index contributed by atoms with van der Waals surface area (Å²) in [6.07, 6.45) is 2.60. The Morgan fingerprint density at radius 1 is 1.23 bits per heavy atom. The molecule has 3 aliphatic heterocycles. The van der Waals surface area contributed by atoms with Gasteiger partial charge in [0.2, 0.25) is 5.91 Å². The second-order valence-corrected chi connectivity index (χ2v) is 7.93. The van der Waals surface area contributed by atoms with E-state index in [9.17, 15) is 10.1 Å². The molecule has 156 valence electrons. The number of carbonyl (C=O) groups excluding carboxylic acids is 1. The molecule has 1 unspecified atom stereocenters. The van der Waals surface area contributed by atoms with Crippen molar-refractivity contribution in [1.82, 2.24) is 4.90 Å². The number of rotatable bonds is 2. The third kappa shape index (κ3) is 2.36. The smallest absolute Gasteiger partial charge is 0.244 e. The van der Waals surface area contributed by atoms with Gasteiger partial charge < -0.3 is 25.4 Å². The Kier molecular flexibility index (Phi) is 4.02. The van der Waals surface area contributed by atoms with Crippen molar-refractivity contribution in [3.63, 3.8) is 0 Å². The molecule has 2 aromatic carbocycles. The fourth-order valence-corrected chi connectivity index (χ4v) is 4.92. The second-order valence-electron chi connectivity index (χ2n) is 7.93. The van der Waals surface area contributed by atoms with Gasteiger partial charge in [-0.15, -0.1) is 0 Å². The minimum absolute atomic E-state index is 0.252. The molecular weight excluding hydrogens is 392 g/mol. The van der Waals surface area contributed by atoms with Crippen LogP contribution in [0.15, 0.2) is 47.8 Å². The zero-order valence-electron chi connectivity index (χ0n) is 17.6. The normalized spacial score (nSPS) is 21.0. The summed E-state index contributed by atoms with van der Waals surface area (Å²) >= 11 is 0. The summed E-state index contributed by atoms with van der Waals surface area (Å²) in [6, 6.07) is 11.8. The largest absolute Gasteiger partial charge is 0.493 e. The number of fused-ring (bicyclic) bond motifs is 5. The molecule has 3 heterocycles. The van der Waals surface area contributed by atoms with Crippen LogP contribution in [0.3, 0.4) is 0 Å². The number of carbonyl (C=O) groups is 1. The third-order valence-corrected chi connectivity index (χ3v) is 6.48. The molecule has 0 saturated heterocycles. The average Bonchev–Trinajstić information content (AvgIpc) is 3.06. The van der Waals surface area contributed by atoms with E-state index in [0.717, 1.165) is 40.1 Å².